The molecule has 1 rings (SSSR count). The minimum atomic E-state index is -4.79. The van der Waals surface area contributed by atoms with Crippen LogP contribution in [-0.4, -0.2) is 16.2 Å². The summed E-state index contributed by atoms with van der Waals surface area (Å²) in [5.74, 6) is -2.31. The average molecular weight is 206 g/mol. The van der Waals surface area contributed by atoms with E-state index in [0.29, 0.717) is 12.1 Å². The topological polar surface area (TPSA) is 57.5 Å². The molecule has 0 heterocycles. The van der Waals surface area contributed by atoms with E-state index in [9.17, 15) is 18.0 Å². The third-order valence-corrected chi connectivity index (χ3v) is 1.54. The van der Waals surface area contributed by atoms with Crippen LogP contribution in [0.2, 0.25) is 0 Å². The fourth-order valence-electron chi connectivity index (χ4n) is 0.953. The van der Waals surface area contributed by atoms with Crippen molar-refractivity contribution in [3.8, 4) is 5.75 Å². The monoisotopic (exact) mass is 206 g/mol. The van der Waals surface area contributed by atoms with E-state index < -0.39 is 29.0 Å². The first-order valence-electron chi connectivity index (χ1n) is 3.46. The second-order valence-electron chi connectivity index (χ2n) is 2.53. The number of carboxylic acid groups (broad SMARTS) is 1. The Hall–Kier alpha value is -1.72. The van der Waals surface area contributed by atoms with Gasteiger partial charge in [0.05, 0.1) is 11.1 Å². The fraction of sp³-hybridized carbons (Fsp3) is 0.125. The molecule has 0 aromatic heterocycles. The molecule has 1 aromatic rings. The molecule has 0 bridgehead atoms. The van der Waals surface area contributed by atoms with E-state index >= 15 is 0 Å². The highest BCUT2D eigenvalue weighted by Gasteiger charge is 2.35. The molecule has 3 nitrogen and oxygen atoms in total. The van der Waals surface area contributed by atoms with Gasteiger partial charge >= 0.3 is 12.1 Å². The smallest absolute Gasteiger partial charge is 0.417 e. The predicted octanol–water partition coefficient (Wildman–Crippen LogP) is 2.11. The molecule has 0 aliphatic rings. The molecule has 0 aliphatic heterocycles. The molecular weight excluding hydrogens is 201 g/mol. The van der Waals surface area contributed by atoms with E-state index in [-0.39, 0.29) is 0 Å². The van der Waals surface area contributed by atoms with E-state index in [0.717, 1.165) is 6.07 Å². The van der Waals surface area contributed by atoms with Gasteiger partial charge < -0.3 is 10.2 Å². The molecular formula is C8H5F3O3. The van der Waals surface area contributed by atoms with Crippen molar-refractivity contribution >= 4 is 5.97 Å². The van der Waals surface area contributed by atoms with E-state index in [1.54, 1.807) is 0 Å². The lowest BCUT2D eigenvalue weighted by atomic mass is 10.1. The molecule has 0 amide bonds. The van der Waals surface area contributed by atoms with Crippen molar-refractivity contribution in [2.75, 3.05) is 0 Å². The SMILES string of the molecule is O=C(O)c1ccc(O)cc1C(F)(F)F. The van der Waals surface area contributed by atoms with Crippen molar-refractivity contribution in [3.05, 3.63) is 29.3 Å². The fourth-order valence-corrected chi connectivity index (χ4v) is 0.953. The van der Waals surface area contributed by atoms with Crippen molar-refractivity contribution in [1.29, 1.82) is 0 Å². The van der Waals surface area contributed by atoms with Crippen LogP contribution in [0.25, 0.3) is 0 Å². The van der Waals surface area contributed by atoms with Crippen molar-refractivity contribution in [2.24, 2.45) is 0 Å². The van der Waals surface area contributed by atoms with Crippen LogP contribution in [0, 0.1) is 0 Å². The van der Waals surface area contributed by atoms with Gasteiger partial charge in [-0.3, -0.25) is 0 Å². The van der Waals surface area contributed by atoms with E-state index in [2.05, 4.69) is 0 Å². The zero-order valence-electron chi connectivity index (χ0n) is 6.67. The van der Waals surface area contributed by atoms with Gasteiger partial charge in [-0.25, -0.2) is 4.79 Å². The highest BCUT2D eigenvalue weighted by molar-refractivity contribution is 5.89. The van der Waals surface area contributed by atoms with Crippen LogP contribution in [0.4, 0.5) is 13.2 Å². The number of aromatic hydroxyl groups is 1. The molecule has 2 N–H and O–H groups in total. The average Bonchev–Trinajstić information content (AvgIpc) is 2.01. The normalized spacial score (nSPS) is 11.4. The Bertz CT molecular complexity index is 371. The van der Waals surface area contributed by atoms with Gasteiger partial charge in [-0.1, -0.05) is 0 Å². The molecule has 0 saturated carbocycles. The van der Waals surface area contributed by atoms with Gasteiger partial charge in [0.15, 0.2) is 0 Å². The largest absolute Gasteiger partial charge is 0.508 e. The third-order valence-electron chi connectivity index (χ3n) is 1.54. The summed E-state index contributed by atoms with van der Waals surface area (Å²) >= 11 is 0. The lowest BCUT2D eigenvalue weighted by Gasteiger charge is -2.09. The van der Waals surface area contributed by atoms with Crippen LogP contribution < -0.4 is 0 Å². The van der Waals surface area contributed by atoms with Crippen LogP contribution in [-0.2, 0) is 6.18 Å². The number of benzene rings is 1. The van der Waals surface area contributed by atoms with Crippen LogP contribution >= 0.6 is 0 Å². The number of hydrogen-bond donors (Lipinski definition) is 2. The molecule has 76 valence electrons. The number of phenolic OH excluding ortho intramolecular Hbond substituents is 1. The molecule has 0 radical (unpaired) electrons. The van der Waals surface area contributed by atoms with Crippen LogP contribution in [0.5, 0.6) is 5.75 Å². The Morgan fingerprint density at radius 2 is 1.86 bits per heavy atom. The van der Waals surface area contributed by atoms with Gasteiger partial charge in [0, 0.05) is 0 Å². The number of alkyl halides is 3. The van der Waals surface area contributed by atoms with Crippen molar-refractivity contribution in [1.82, 2.24) is 0 Å². The summed E-state index contributed by atoms with van der Waals surface area (Å²) in [4.78, 5) is 10.4. The maximum atomic E-state index is 12.2. The van der Waals surface area contributed by atoms with Crippen LogP contribution in [0.3, 0.4) is 0 Å². The second kappa shape index (κ2) is 3.21. The molecule has 14 heavy (non-hydrogen) atoms. The zero-order chi connectivity index (χ0) is 10.9. The number of carbonyl (C=O) groups is 1. The van der Waals surface area contributed by atoms with E-state index in [1.165, 1.54) is 0 Å². The lowest BCUT2D eigenvalue weighted by molar-refractivity contribution is -0.138. The Kier molecular flexibility index (Phi) is 2.37. The number of rotatable bonds is 1. The maximum absolute atomic E-state index is 12.2. The van der Waals surface area contributed by atoms with Gasteiger partial charge in [0.2, 0.25) is 0 Å². The first-order valence-corrected chi connectivity index (χ1v) is 3.46. The minimum Gasteiger partial charge on any atom is -0.508 e. The molecule has 0 spiro atoms. The number of phenols is 1. The molecule has 0 fully saturated rings. The Morgan fingerprint density at radius 3 is 2.29 bits per heavy atom. The highest BCUT2D eigenvalue weighted by Crippen LogP contribution is 2.33. The Labute approximate surface area is 76.4 Å². The first-order chi connectivity index (χ1) is 6.32. The van der Waals surface area contributed by atoms with Gasteiger partial charge in [0.25, 0.3) is 0 Å². The summed E-state index contributed by atoms with van der Waals surface area (Å²) in [6.07, 6.45) is -4.79. The Morgan fingerprint density at radius 1 is 1.29 bits per heavy atom. The zero-order valence-corrected chi connectivity index (χ0v) is 6.67. The van der Waals surface area contributed by atoms with Crippen molar-refractivity contribution in [3.63, 3.8) is 0 Å². The molecule has 0 aliphatic carbocycles. The summed E-state index contributed by atoms with van der Waals surface area (Å²) in [6.45, 7) is 0. The minimum absolute atomic E-state index is 0.378. The summed E-state index contributed by atoms with van der Waals surface area (Å²) < 4.78 is 36.6. The number of aromatic carboxylic acids is 1. The Balaban J connectivity index is 3.38. The lowest BCUT2D eigenvalue weighted by Crippen LogP contribution is -2.12. The quantitative estimate of drug-likeness (QED) is 0.739. The summed E-state index contributed by atoms with van der Waals surface area (Å²) in [7, 11) is 0. The second-order valence-corrected chi connectivity index (χ2v) is 2.53. The molecule has 0 saturated heterocycles. The van der Waals surface area contributed by atoms with Crippen LogP contribution in [0.1, 0.15) is 15.9 Å². The number of halogens is 3. The number of hydrogen-bond acceptors (Lipinski definition) is 2. The van der Waals surface area contributed by atoms with Gasteiger partial charge in [-0.2, -0.15) is 13.2 Å². The van der Waals surface area contributed by atoms with E-state index in [1.807, 2.05) is 0 Å². The summed E-state index contributed by atoms with van der Waals surface area (Å²) in [6, 6.07) is 1.97. The standard InChI is InChI=1S/C8H5F3O3/c9-8(10,11)6-3-4(12)1-2-5(6)7(13)14/h1-3,12H,(H,13,14). The molecule has 0 atom stereocenters. The molecule has 0 unspecified atom stereocenters. The van der Waals surface area contributed by atoms with Crippen LogP contribution in [0.15, 0.2) is 18.2 Å². The van der Waals surface area contributed by atoms with Crippen molar-refractivity contribution in [2.45, 2.75) is 6.18 Å². The van der Waals surface area contributed by atoms with Gasteiger partial charge in [-0.15, -0.1) is 0 Å². The maximum Gasteiger partial charge on any atom is 0.417 e. The van der Waals surface area contributed by atoms with Crippen molar-refractivity contribution < 1.29 is 28.2 Å². The number of carboxylic acids is 1. The summed E-state index contributed by atoms with van der Waals surface area (Å²) in [5.41, 5.74) is -2.24. The summed E-state index contributed by atoms with van der Waals surface area (Å²) in [5, 5.41) is 17.2. The first kappa shape index (κ1) is 10.4. The van der Waals surface area contributed by atoms with E-state index in [4.69, 9.17) is 10.2 Å². The molecule has 6 heteroatoms. The predicted molar refractivity (Wildman–Crippen MR) is 40.1 cm³/mol. The third kappa shape index (κ3) is 1.95. The highest BCUT2D eigenvalue weighted by atomic mass is 19.4. The molecule has 1 aromatic carbocycles. The van der Waals surface area contributed by atoms with Gasteiger partial charge in [-0.05, 0) is 18.2 Å². The van der Waals surface area contributed by atoms with Gasteiger partial charge in [0.1, 0.15) is 5.75 Å².